The Morgan fingerprint density at radius 1 is 0.737 bits per heavy atom. The van der Waals surface area contributed by atoms with Crippen LogP contribution in [0.2, 0.25) is 0 Å². The highest BCUT2D eigenvalue weighted by molar-refractivity contribution is 5.00. The van der Waals surface area contributed by atoms with Gasteiger partial charge in [-0.3, -0.25) is 0 Å². The molecule has 4 bridgehead atoms. The van der Waals surface area contributed by atoms with Crippen molar-refractivity contribution >= 4 is 0 Å². The fraction of sp³-hybridized carbons (Fsp3) is 1.00. The molecule has 0 aromatic heterocycles. The van der Waals surface area contributed by atoms with Crippen molar-refractivity contribution in [1.29, 1.82) is 0 Å². The maximum Gasteiger partial charge on any atom is -0.0329 e. The summed E-state index contributed by atoms with van der Waals surface area (Å²) in [4.78, 5) is 0. The van der Waals surface area contributed by atoms with Gasteiger partial charge in [-0.1, -0.05) is 20.8 Å². The summed E-state index contributed by atoms with van der Waals surface area (Å²) in [6.07, 6.45) is 11.0. The lowest BCUT2D eigenvalue weighted by Gasteiger charge is -2.43. The second-order valence-corrected chi connectivity index (χ2v) is 8.84. The fourth-order valence-electron chi connectivity index (χ4n) is 7.23. The van der Waals surface area contributed by atoms with E-state index >= 15 is 0 Å². The van der Waals surface area contributed by atoms with Crippen molar-refractivity contribution in [1.82, 2.24) is 0 Å². The molecule has 0 radical (unpaired) electrons. The van der Waals surface area contributed by atoms with Gasteiger partial charge in [-0.2, -0.15) is 0 Å². The van der Waals surface area contributed by atoms with E-state index in [4.69, 9.17) is 0 Å². The lowest BCUT2D eigenvalue weighted by Crippen LogP contribution is -2.36. The summed E-state index contributed by atoms with van der Waals surface area (Å²) in [5, 5.41) is 0. The normalized spacial score (nSPS) is 57.6. The maximum atomic E-state index is 2.65. The van der Waals surface area contributed by atoms with Crippen LogP contribution in [0.5, 0.6) is 0 Å². The molecule has 19 heavy (non-hydrogen) atoms. The summed E-state index contributed by atoms with van der Waals surface area (Å²) in [5.74, 6) is 9.71. The summed E-state index contributed by atoms with van der Waals surface area (Å²) in [6.45, 7) is 7.79. The summed E-state index contributed by atoms with van der Waals surface area (Å²) in [5.41, 5.74) is 0. The van der Waals surface area contributed by atoms with Gasteiger partial charge in [0.2, 0.25) is 0 Å². The van der Waals surface area contributed by atoms with Crippen LogP contribution in [-0.4, -0.2) is 0 Å². The molecule has 0 nitrogen and oxygen atoms in total. The zero-order chi connectivity index (χ0) is 13.1. The lowest BCUT2D eigenvalue weighted by atomic mass is 9.62. The van der Waals surface area contributed by atoms with Gasteiger partial charge >= 0.3 is 0 Å². The summed E-state index contributed by atoms with van der Waals surface area (Å²) < 4.78 is 0. The van der Waals surface area contributed by atoms with Crippen LogP contribution in [0.1, 0.15) is 65.7 Å². The maximum absolute atomic E-state index is 2.65. The topological polar surface area (TPSA) is 0 Å². The molecule has 4 aliphatic rings. The minimum atomic E-state index is 1.02. The number of rotatable bonds is 2. The van der Waals surface area contributed by atoms with Crippen LogP contribution in [0.4, 0.5) is 0 Å². The van der Waals surface area contributed by atoms with Gasteiger partial charge in [0.15, 0.2) is 0 Å². The predicted molar refractivity (Wildman–Crippen MR) is 80.8 cm³/mol. The Morgan fingerprint density at radius 2 is 1.37 bits per heavy atom. The van der Waals surface area contributed by atoms with E-state index in [1.165, 1.54) is 0 Å². The van der Waals surface area contributed by atoms with Crippen LogP contribution in [0.15, 0.2) is 0 Å². The van der Waals surface area contributed by atoms with Crippen molar-refractivity contribution < 1.29 is 0 Å². The van der Waals surface area contributed by atoms with E-state index in [1.807, 2.05) is 0 Å². The third-order valence-electron chi connectivity index (χ3n) is 8.26. The molecule has 0 heterocycles. The van der Waals surface area contributed by atoms with Gasteiger partial charge in [0.05, 0.1) is 0 Å². The Kier molecular flexibility index (Phi) is 3.01. The van der Waals surface area contributed by atoms with E-state index in [1.54, 1.807) is 44.9 Å². The molecule has 4 rings (SSSR count). The Bertz CT molecular complexity index is 344. The summed E-state index contributed by atoms with van der Waals surface area (Å²) in [7, 11) is 0. The van der Waals surface area contributed by atoms with Gasteiger partial charge < -0.3 is 0 Å². The Morgan fingerprint density at radius 3 is 2.11 bits per heavy atom. The third kappa shape index (κ3) is 1.84. The van der Waals surface area contributed by atoms with Crippen molar-refractivity contribution in [2.24, 2.45) is 53.3 Å². The van der Waals surface area contributed by atoms with Crippen LogP contribution in [0.25, 0.3) is 0 Å². The highest BCUT2D eigenvalue weighted by Crippen LogP contribution is 2.59. The molecule has 0 aliphatic heterocycles. The average Bonchev–Trinajstić information content (AvgIpc) is 3.08. The Hall–Kier alpha value is 0. The zero-order valence-corrected chi connectivity index (χ0v) is 13.1. The molecule has 0 spiro atoms. The van der Waals surface area contributed by atoms with Gasteiger partial charge in [-0.15, -0.1) is 0 Å². The number of hydrogen-bond donors (Lipinski definition) is 0. The van der Waals surface area contributed by atoms with E-state index in [9.17, 15) is 0 Å². The molecule has 108 valence electrons. The van der Waals surface area contributed by atoms with Crippen molar-refractivity contribution in [3.8, 4) is 0 Å². The van der Waals surface area contributed by atoms with Gasteiger partial charge in [0, 0.05) is 0 Å². The second kappa shape index (κ2) is 4.50. The van der Waals surface area contributed by atoms with Gasteiger partial charge in [-0.05, 0) is 98.2 Å². The average molecular weight is 260 g/mol. The molecule has 4 aliphatic carbocycles. The smallest absolute Gasteiger partial charge is 0.0329 e. The van der Waals surface area contributed by atoms with Crippen LogP contribution in [-0.2, 0) is 0 Å². The highest BCUT2D eigenvalue weighted by atomic mass is 14.6. The van der Waals surface area contributed by atoms with Crippen molar-refractivity contribution in [2.75, 3.05) is 0 Å². The second-order valence-electron chi connectivity index (χ2n) is 8.84. The zero-order valence-electron chi connectivity index (χ0n) is 13.1. The Labute approximate surface area is 119 Å². The molecule has 0 heteroatoms. The van der Waals surface area contributed by atoms with Gasteiger partial charge in [-0.25, -0.2) is 0 Å². The predicted octanol–water partition coefficient (Wildman–Crippen LogP) is 5.38. The molecular weight excluding hydrogens is 228 g/mol. The number of hydrogen-bond acceptors (Lipinski definition) is 0. The minimum absolute atomic E-state index is 1.02. The molecule has 9 unspecified atom stereocenters. The molecule has 0 saturated heterocycles. The molecule has 0 amide bonds. The highest BCUT2D eigenvalue weighted by Gasteiger charge is 2.51. The monoisotopic (exact) mass is 260 g/mol. The van der Waals surface area contributed by atoms with E-state index < -0.39 is 0 Å². The SMILES string of the molecule is CC1CC(C(C)C2C3CCC(C3)C2C)C2CCC1C2. The van der Waals surface area contributed by atoms with E-state index in [-0.39, 0.29) is 0 Å². The van der Waals surface area contributed by atoms with E-state index in [2.05, 4.69) is 20.8 Å². The van der Waals surface area contributed by atoms with Crippen molar-refractivity contribution in [3.63, 3.8) is 0 Å². The molecule has 4 saturated carbocycles. The van der Waals surface area contributed by atoms with Crippen molar-refractivity contribution in [3.05, 3.63) is 0 Å². The van der Waals surface area contributed by atoms with Crippen LogP contribution < -0.4 is 0 Å². The summed E-state index contributed by atoms with van der Waals surface area (Å²) in [6, 6.07) is 0. The Balaban J connectivity index is 1.52. The van der Waals surface area contributed by atoms with Crippen LogP contribution >= 0.6 is 0 Å². The van der Waals surface area contributed by atoms with E-state index in [0.717, 1.165) is 53.3 Å². The first-order valence-electron chi connectivity index (χ1n) is 9.15. The fourth-order valence-corrected chi connectivity index (χ4v) is 7.23. The first kappa shape index (κ1) is 12.7. The molecule has 0 aromatic carbocycles. The van der Waals surface area contributed by atoms with Crippen LogP contribution in [0.3, 0.4) is 0 Å². The first-order chi connectivity index (χ1) is 9.15. The largest absolute Gasteiger partial charge is 0.0622 e. The molecule has 4 fully saturated rings. The molecule has 0 N–H and O–H groups in total. The molecule has 9 atom stereocenters. The lowest BCUT2D eigenvalue weighted by molar-refractivity contribution is 0.0571. The van der Waals surface area contributed by atoms with Crippen molar-refractivity contribution in [2.45, 2.75) is 65.7 Å². The standard InChI is InChI=1S/C19H32/c1-11-8-18(16-6-4-14(11)9-16)13(3)19-12(2)15-5-7-17(19)10-15/h11-19H,4-10H2,1-3H3. The third-order valence-corrected chi connectivity index (χ3v) is 8.26. The molecule has 0 aromatic rings. The van der Waals surface area contributed by atoms with Crippen LogP contribution in [0, 0.1) is 53.3 Å². The quantitative estimate of drug-likeness (QED) is 0.625. The first-order valence-corrected chi connectivity index (χ1v) is 9.15. The molecular formula is C19H32. The van der Waals surface area contributed by atoms with Gasteiger partial charge in [0.25, 0.3) is 0 Å². The number of fused-ring (bicyclic) bond motifs is 4. The minimum Gasteiger partial charge on any atom is -0.0622 e. The van der Waals surface area contributed by atoms with Gasteiger partial charge in [0.1, 0.15) is 0 Å². The summed E-state index contributed by atoms with van der Waals surface area (Å²) >= 11 is 0. The van der Waals surface area contributed by atoms with E-state index in [0.29, 0.717) is 0 Å².